The second-order valence-corrected chi connectivity index (χ2v) is 8.75. The molecule has 7 nitrogen and oxygen atoms in total. The summed E-state index contributed by atoms with van der Waals surface area (Å²) in [6.45, 7) is 11.4. The fourth-order valence-electron chi connectivity index (χ4n) is 4.24. The van der Waals surface area contributed by atoms with Gasteiger partial charge < -0.3 is 19.5 Å². The van der Waals surface area contributed by atoms with E-state index in [4.69, 9.17) is 19.2 Å². The minimum atomic E-state index is -0.424. The topological polar surface area (TPSA) is 74.6 Å². The molecule has 0 saturated heterocycles. The summed E-state index contributed by atoms with van der Waals surface area (Å²) in [7, 11) is 0. The van der Waals surface area contributed by atoms with Crippen LogP contribution in [0.2, 0.25) is 0 Å². The first-order valence-corrected chi connectivity index (χ1v) is 12.0. The number of anilines is 1. The van der Waals surface area contributed by atoms with E-state index in [0.29, 0.717) is 48.8 Å². The van der Waals surface area contributed by atoms with E-state index in [-0.39, 0.29) is 5.97 Å². The highest BCUT2D eigenvalue weighted by Gasteiger charge is 2.35. The van der Waals surface area contributed by atoms with Crippen molar-refractivity contribution in [2.45, 2.75) is 47.1 Å². The summed E-state index contributed by atoms with van der Waals surface area (Å²) in [5, 5.41) is 3.30. The number of fused-ring (bicyclic) bond motifs is 3. The molecule has 2 aromatic carbocycles. The number of carbonyl (C=O) groups excluding carboxylic acids is 1. The fraction of sp³-hybridized carbons (Fsp3) is 0.407. The molecule has 1 aliphatic rings. The Hall–Kier alpha value is -3.48. The number of para-hydroxylation sites is 2. The number of allylic oxidation sites excluding steroid dienone is 1. The number of carbonyl (C=O) groups is 1. The van der Waals surface area contributed by atoms with Crippen molar-refractivity contribution in [1.29, 1.82) is 0 Å². The lowest BCUT2D eigenvalue weighted by molar-refractivity contribution is -0.139. The summed E-state index contributed by atoms with van der Waals surface area (Å²) < 4.78 is 19.5. The van der Waals surface area contributed by atoms with Crippen LogP contribution < -0.4 is 14.8 Å². The largest absolute Gasteiger partial charge is 0.490 e. The molecule has 3 aromatic rings. The van der Waals surface area contributed by atoms with Crippen molar-refractivity contribution in [2.75, 3.05) is 25.1 Å². The number of esters is 1. The van der Waals surface area contributed by atoms with E-state index in [2.05, 4.69) is 23.7 Å². The van der Waals surface area contributed by atoms with Gasteiger partial charge in [-0.25, -0.2) is 9.78 Å². The summed E-state index contributed by atoms with van der Waals surface area (Å²) in [6, 6.07) is 13.4. The van der Waals surface area contributed by atoms with Gasteiger partial charge in [0.15, 0.2) is 11.5 Å². The minimum absolute atomic E-state index is 0.298. The first kappa shape index (κ1) is 23.7. The molecular weight excluding hydrogens is 430 g/mol. The van der Waals surface area contributed by atoms with Crippen molar-refractivity contribution < 1.29 is 19.0 Å². The highest BCUT2D eigenvalue weighted by Crippen LogP contribution is 2.42. The first-order chi connectivity index (χ1) is 16.4. The van der Waals surface area contributed by atoms with E-state index >= 15 is 0 Å². The molecular formula is C27H33N3O4. The Morgan fingerprint density at radius 1 is 1.09 bits per heavy atom. The van der Waals surface area contributed by atoms with Gasteiger partial charge in [0.1, 0.15) is 0 Å². The van der Waals surface area contributed by atoms with Crippen LogP contribution >= 0.6 is 0 Å². The Balaban J connectivity index is 1.84. The first-order valence-electron chi connectivity index (χ1n) is 12.0. The SMILES string of the molecule is CCOC(=O)C1=C(C)Nc2nc3ccccc3n2[C@H]1c1ccc(OCCC(C)C)c(OCC)c1. The van der Waals surface area contributed by atoms with Crippen LogP contribution in [0.3, 0.4) is 0 Å². The molecule has 0 radical (unpaired) electrons. The molecule has 1 aliphatic heterocycles. The molecule has 0 aliphatic carbocycles. The Kier molecular flexibility index (Phi) is 7.10. The number of hydrogen-bond acceptors (Lipinski definition) is 6. The van der Waals surface area contributed by atoms with Gasteiger partial charge in [0.05, 0.1) is 42.5 Å². The third kappa shape index (κ3) is 4.60. The van der Waals surface area contributed by atoms with Crippen molar-refractivity contribution in [3.05, 3.63) is 59.3 Å². The maximum absolute atomic E-state index is 13.1. The summed E-state index contributed by atoms with van der Waals surface area (Å²) in [6.07, 6.45) is 0.959. The number of ether oxygens (including phenoxy) is 3. The Morgan fingerprint density at radius 2 is 1.88 bits per heavy atom. The van der Waals surface area contributed by atoms with Crippen LogP contribution in [0.5, 0.6) is 11.5 Å². The van der Waals surface area contributed by atoms with Crippen LogP contribution in [-0.2, 0) is 9.53 Å². The van der Waals surface area contributed by atoms with Gasteiger partial charge in [-0.1, -0.05) is 32.0 Å². The number of rotatable bonds is 9. The highest BCUT2D eigenvalue weighted by molar-refractivity contribution is 5.94. The Labute approximate surface area is 200 Å². The smallest absolute Gasteiger partial charge is 0.338 e. The lowest BCUT2D eigenvalue weighted by Crippen LogP contribution is -2.29. The average molecular weight is 464 g/mol. The van der Waals surface area contributed by atoms with E-state index in [1.165, 1.54) is 0 Å². The van der Waals surface area contributed by atoms with E-state index in [1.807, 2.05) is 63.2 Å². The zero-order valence-corrected chi connectivity index (χ0v) is 20.6. The van der Waals surface area contributed by atoms with E-state index < -0.39 is 6.04 Å². The summed E-state index contributed by atoms with van der Waals surface area (Å²) in [5.41, 5.74) is 3.95. The van der Waals surface area contributed by atoms with Crippen LogP contribution in [-0.4, -0.2) is 35.3 Å². The normalized spacial score (nSPS) is 15.3. The van der Waals surface area contributed by atoms with Gasteiger partial charge in [-0.15, -0.1) is 0 Å². The lowest BCUT2D eigenvalue weighted by atomic mass is 9.94. The second-order valence-electron chi connectivity index (χ2n) is 8.75. The van der Waals surface area contributed by atoms with E-state index in [1.54, 1.807) is 0 Å². The van der Waals surface area contributed by atoms with Gasteiger partial charge in [0.25, 0.3) is 0 Å². The van der Waals surface area contributed by atoms with Crippen molar-refractivity contribution in [2.24, 2.45) is 5.92 Å². The molecule has 7 heteroatoms. The molecule has 0 spiro atoms. The highest BCUT2D eigenvalue weighted by atomic mass is 16.5. The Bertz CT molecular complexity index is 1210. The summed E-state index contributed by atoms with van der Waals surface area (Å²) in [5.74, 6) is 2.25. The predicted molar refractivity (Wildman–Crippen MR) is 133 cm³/mol. The molecule has 0 amide bonds. The molecule has 0 saturated carbocycles. The fourth-order valence-corrected chi connectivity index (χ4v) is 4.24. The maximum Gasteiger partial charge on any atom is 0.338 e. The Morgan fingerprint density at radius 3 is 2.62 bits per heavy atom. The van der Waals surface area contributed by atoms with Crippen LogP contribution in [0.4, 0.5) is 5.95 Å². The molecule has 34 heavy (non-hydrogen) atoms. The zero-order chi connectivity index (χ0) is 24.2. The monoisotopic (exact) mass is 463 g/mol. The van der Waals surface area contributed by atoms with Crippen molar-refractivity contribution >= 4 is 23.0 Å². The number of imidazole rings is 1. The minimum Gasteiger partial charge on any atom is -0.490 e. The van der Waals surface area contributed by atoms with Gasteiger partial charge in [0.2, 0.25) is 5.95 Å². The molecule has 4 rings (SSSR count). The quantitative estimate of drug-likeness (QED) is 0.410. The summed E-state index contributed by atoms with van der Waals surface area (Å²) >= 11 is 0. The molecule has 1 N–H and O–H groups in total. The molecule has 0 fully saturated rings. The van der Waals surface area contributed by atoms with Gasteiger partial charge in [0, 0.05) is 5.70 Å². The predicted octanol–water partition coefficient (Wildman–Crippen LogP) is 5.71. The van der Waals surface area contributed by atoms with Gasteiger partial charge in [-0.3, -0.25) is 4.57 Å². The van der Waals surface area contributed by atoms with Gasteiger partial charge in [-0.2, -0.15) is 0 Å². The third-order valence-electron chi connectivity index (χ3n) is 5.86. The third-order valence-corrected chi connectivity index (χ3v) is 5.86. The zero-order valence-electron chi connectivity index (χ0n) is 20.6. The van der Waals surface area contributed by atoms with E-state index in [0.717, 1.165) is 28.7 Å². The molecule has 1 aromatic heterocycles. The van der Waals surface area contributed by atoms with Crippen LogP contribution in [0.1, 0.15) is 52.6 Å². The standard InChI is InChI=1S/C27H33N3O4/c1-6-32-23-16-19(12-13-22(23)34-15-14-17(3)4)25-24(26(31)33-7-2)18(5)28-27-29-20-10-8-9-11-21(20)30(25)27/h8-13,16-17,25H,6-7,14-15H2,1-5H3,(H,28,29)/t25-/m0/s1. The molecule has 0 unspecified atom stereocenters. The van der Waals surface area contributed by atoms with Crippen LogP contribution in [0, 0.1) is 5.92 Å². The molecule has 2 heterocycles. The number of aromatic nitrogens is 2. The number of nitrogens with zero attached hydrogens (tertiary/aromatic N) is 2. The molecule has 180 valence electrons. The van der Waals surface area contributed by atoms with Crippen molar-refractivity contribution in [1.82, 2.24) is 9.55 Å². The average Bonchev–Trinajstić information content (AvgIpc) is 3.17. The van der Waals surface area contributed by atoms with Crippen molar-refractivity contribution in [3.63, 3.8) is 0 Å². The maximum atomic E-state index is 13.1. The van der Waals surface area contributed by atoms with Gasteiger partial charge >= 0.3 is 5.97 Å². The number of hydrogen-bond donors (Lipinski definition) is 1. The van der Waals surface area contributed by atoms with Crippen molar-refractivity contribution in [3.8, 4) is 11.5 Å². The van der Waals surface area contributed by atoms with Crippen LogP contribution in [0.15, 0.2) is 53.7 Å². The lowest BCUT2D eigenvalue weighted by Gasteiger charge is -2.30. The summed E-state index contributed by atoms with van der Waals surface area (Å²) in [4.78, 5) is 17.9. The molecule has 1 atom stereocenters. The van der Waals surface area contributed by atoms with Gasteiger partial charge in [-0.05, 0) is 62.9 Å². The number of benzene rings is 2. The molecule has 0 bridgehead atoms. The number of nitrogens with one attached hydrogen (secondary N) is 1. The van der Waals surface area contributed by atoms with E-state index in [9.17, 15) is 4.79 Å². The second kappa shape index (κ2) is 10.2. The van der Waals surface area contributed by atoms with Crippen LogP contribution in [0.25, 0.3) is 11.0 Å².